The van der Waals surface area contributed by atoms with Crippen LogP contribution in [0, 0.1) is 5.82 Å². The minimum Gasteiger partial charge on any atom is -0.350 e. The molecule has 2 aromatic rings. The first-order chi connectivity index (χ1) is 13.8. The van der Waals surface area contributed by atoms with Crippen molar-refractivity contribution in [1.29, 1.82) is 0 Å². The Morgan fingerprint density at radius 3 is 2.34 bits per heavy atom. The molecule has 7 nitrogen and oxygen atoms in total. The van der Waals surface area contributed by atoms with E-state index in [4.69, 9.17) is 0 Å². The van der Waals surface area contributed by atoms with Crippen LogP contribution in [0.1, 0.15) is 12.5 Å². The van der Waals surface area contributed by atoms with E-state index in [0.717, 1.165) is 17.7 Å². The lowest BCUT2D eigenvalue weighted by molar-refractivity contribution is -0.139. The fraction of sp³-hybridized carbons (Fsp3) is 0.300. The Hall–Kier alpha value is -2.78. The Labute approximate surface area is 169 Å². The number of amides is 2. The summed E-state index contributed by atoms with van der Waals surface area (Å²) in [7, 11) is -4.25. The summed E-state index contributed by atoms with van der Waals surface area (Å²) in [5.41, 5.74) is 0.765. The summed E-state index contributed by atoms with van der Waals surface area (Å²) < 4.78 is 41.8. The largest absolute Gasteiger partial charge is 0.350 e. The van der Waals surface area contributed by atoms with E-state index in [1.165, 1.54) is 24.0 Å². The van der Waals surface area contributed by atoms with Gasteiger partial charge in [0.2, 0.25) is 21.8 Å². The zero-order chi connectivity index (χ0) is 21.0. The number of likely N-dealkylation sites (tertiary alicyclic amines) is 1. The van der Waals surface area contributed by atoms with E-state index in [9.17, 15) is 22.4 Å². The summed E-state index contributed by atoms with van der Waals surface area (Å²) >= 11 is 0. The number of sulfonamides is 1. The highest BCUT2D eigenvalue weighted by molar-refractivity contribution is 7.89. The minimum atomic E-state index is -4.25. The molecule has 0 aliphatic carbocycles. The molecular weight excluding hydrogens is 397 g/mol. The Balaban J connectivity index is 1.79. The van der Waals surface area contributed by atoms with E-state index >= 15 is 0 Å². The molecule has 1 fully saturated rings. The maximum absolute atomic E-state index is 14.0. The van der Waals surface area contributed by atoms with Crippen molar-refractivity contribution in [3.8, 4) is 0 Å². The smallest absolute Gasteiger partial charge is 0.244 e. The minimum absolute atomic E-state index is 0.120. The molecule has 1 atom stereocenters. The quantitative estimate of drug-likeness (QED) is 0.702. The number of nitrogens with zero attached hydrogens (tertiary/aromatic N) is 1. The van der Waals surface area contributed by atoms with Crippen molar-refractivity contribution in [2.75, 3.05) is 13.1 Å². The van der Waals surface area contributed by atoms with Gasteiger partial charge in [-0.15, -0.1) is 0 Å². The van der Waals surface area contributed by atoms with E-state index in [-0.39, 0.29) is 18.4 Å². The van der Waals surface area contributed by atoms with Crippen LogP contribution in [0.25, 0.3) is 0 Å². The van der Waals surface area contributed by atoms with Gasteiger partial charge in [-0.1, -0.05) is 42.5 Å². The third-order valence-electron chi connectivity index (χ3n) is 4.60. The standard InChI is InChI=1S/C20H22FN3O4S/c1-14(25)22-16-12-24(13-16)20(26)18(11-15-7-3-2-4-8-15)23-29(27,28)19-10-6-5-9-17(19)21/h2-10,16,18,23H,11-13H2,1H3,(H,22,25)/t18-/m1/s1. The lowest BCUT2D eigenvalue weighted by atomic mass is 10.0. The molecule has 0 saturated carbocycles. The summed E-state index contributed by atoms with van der Waals surface area (Å²) in [5.74, 6) is -1.50. The van der Waals surface area contributed by atoms with E-state index in [2.05, 4.69) is 10.0 Å². The highest BCUT2D eigenvalue weighted by Crippen LogP contribution is 2.17. The van der Waals surface area contributed by atoms with Crippen LogP contribution in [0.5, 0.6) is 0 Å². The summed E-state index contributed by atoms with van der Waals surface area (Å²) in [5, 5.41) is 2.71. The molecule has 2 N–H and O–H groups in total. The van der Waals surface area contributed by atoms with Gasteiger partial charge in [-0.25, -0.2) is 12.8 Å². The van der Waals surface area contributed by atoms with Gasteiger partial charge in [0.15, 0.2) is 0 Å². The molecule has 0 bridgehead atoms. The number of benzene rings is 2. The molecule has 0 unspecified atom stereocenters. The second-order valence-electron chi connectivity index (χ2n) is 6.93. The first-order valence-electron chi connectivity index (χ1n) is 9.13. The van der Waals surface area contributed by atoms with Crippen LogP contribution < -0.4 is 10.0 Å². The fourth-order valence-electron chi connectivity index (χ4n) is 3.20. The first-order valence-corrected chi connectivity index (χ1v) is 10.6. The molecule has 1 heterocycles. The Kier molecular flexibility index (Phi) is 6.29. The van der Waals surface area contributed by atoms with E-state index in [0.29, 0.717) is 13.1 Å². The molecule has 2 amide bonds. The molecule has 29 heavy (non-hydrogen) atoms. The van der Waals surface area contributed by atoms with Crippen LogP contribution in [-0.4, -0.2) is 50.3 Å². The normalized spacial score (nSPS) is 15.4. The van der Waals surface area contributed by atoms with Gasteiger partial charge in [-0.2, -0.15) is 4.72 Å². The van der Waals surface area contributed by atoms with Gasteiger partial charge in [0.25, 0.3) is 0 Å². The Bertz CT molecular complexity index is 992. The van der Waals surface area contributed by atoms with Crippen molar-refractivity contribution >= 4 is 21.8 Å². The van der Waals surface area contributed by atoms with E-state index < -0.39 is 32.7 Å². The highest BCUT2D eigenvalue weighted by Gasteiger charge is 2.37. The van der Waals surface area contributed by atoms with Crippen LogP contribution in [0.3, 0.4) is 0 Å². The molecule has 0 aromatic heterocycles. The average Bonchev–Trinajstić information content (AvgIpc) is 2.64. The van der Waals surface area contributed by atoms with Crippen molar-refractivity contribution in [2.24, 2.45) is 0 Å². The van der Waals surface area contributed by atoms with Crippen LogP contribution in [0.4, 0.5) is 4.39 Å². The van der Waals surface area contributed by atoms with Crippen LogP contribution in [0.2, 0.25) is 0 Å². The number of hydrogen-bond donors (Lipinski definition) is 2. The lowest BCUT2D eigenvalue weighted by Crippen LogP contribution is -2.64. The Morgan fingerprint density at radius 2 is 1.72 bits per heavy atom. The molecule has 1 saturated heterocycles. The van der Waals surface area contributed by atoms with Gasteiger partial charge in [0.1, 0.15) is 16.8 Å². The van der Waals surface area contributed by atoms with Crippen molar-refractivity contribution in [2.45, 2.75) is 30.3 Å². The number of carbonyl (C=O) groups excluding carboxylic acids is 2. The second-order valence-corrected chi connectivity index (χ2v) is 8.62. The summed E-state index contributed by atoms with van der Waals surface area (Å²) in [6.45, 7) is 1.99. The fourth-order valence-corrected chi connectivity index (χ4v) is 4.47. The number of rotatable bonds is 7. The first kappa shape index (κ1) is 20.9. The van der Waals surface area contributed by atoms with Gasteiger partial charge in [-0.05, 0) is 24.1 Å². The Morgan fingerprint density at radius 1 is 1.10 bits per heavy atom. The summed E-state index contributed by atoms with van der Waals surface area (Å²) in [6.07, 6.45) is 0.120. The molecule has 154 valence electrons. The monoisotopic (exact) mass is 419 g/mol. The molecule has 2 aromatic carbocycles. The maximum atomic E-state index is 14.0. The predicted molar refractivity (Wildman–Crippen MR) is 105 cm³/mol. The zero-order valence-corrected chi connectivity index (χ0v) is 16.7. The topological polar surface area (TPSA) is 95.6 Å². The molecular formula is C20H22FN3O4S. The number of hydrogen-bond acceptors (Lipinski definition) is 4. The van der Waals surface area contributed by atoms with Crippen LogP contribution in [-0.2, 0) is 26.0 Å². The van der Waals surface area contributed by atoms with Crippen molar-refractivity contribution in [3.63, 3.8) is 0 Å². The zero-order valence-electron chi connectivity index (χ0n) is 15.8. The third-order valence-corrected chi connectivity index (χ3v) is 6.11. The van der Waals surface area contributed by atoms with Crippen LogP contribution >= 0.6 is 0 Å². The highest BCUT2D eigenvalue weighted by atomic mass is 32.2. The molecule has 1 aliphatic rings. The van der Waals surface area contributed by atoms with Crippen molar-refractivity contribution in [3.05, 3.63) is 66.0 Å². The van der Waals surface area contributed by atoms with Gasteiger partial charge in [0.05, 0.1) is 6.04 Å². The summed E-state index contributed by atoms with van der Waals surface area (Å²) in [4.78, 5) is 25.0. The molecule has 3 rings (SSSR count). The maximum Gasteiger partial charge on any atom is 0.244 e. The van der Waals surface area contributed by atoms with Crippen LogP contribution in [0.15, 0.2) is 59.5 Å². The SMILES string of the molecule is CC(=O)NC1CN(C(=O)[C@@H](Cc2ccccc2)NS(=O)(=O)c2ccccc2F)C1. The molecule has 0 spiro atoms. The molecule has 0 radical (unpaired) electrons. The number of halogens is 1. The number of carbonyl (C=O) groups is 2. The van der Waals surface area contributed by atoms with E-state index in [1.54, 1.807) is 24.3 Å². The second kappa shape index (κ2) is 8.71. The van der Waals surface area contributed by atoms with Gasteiger partial charge in [-0.3, -0.25) is 9.59 Å². The average molecular weight is 419 g/mol. The van der Waals surface area contributed by atoms with E-state index in [1.807, 2.05) is 6.07 Å². The van der Waals surface area contributed by atoms with Gasteiger partial charge < -0.3 is 10.2 Å². The lowest BCUT2D eigenvalue weighted by Gasteiger charge is -2.41. The molecule has 1 aliphatic heterocycles. The predicted octanol–water partition coefficient (Wildman–Crippen LogP) is 1.06. The summed E-state index contributed by atoms with van der Waals surface area (Å²) in [6, 6.07) is 12.7. The van der Waals surface area contributed by atoms with Crippen molar-refractivity contribution < 1.29 is 22.4 Å². The number of nitrogens with one attached hydrogen (secondary N) is 2. The van der Waals surface area contributed by atoms with Crippen molar-refractivity contribution in [1.82, 2.24) is 14.9 Å². The molecule has 9 heteroatoms. The third kappa shape index (κ3) is 5.18. The van der Waals surface area contributed by atoms with Gasteiger partial charge in [0, 0.05) is 20.0 Å². The van der Waals surface area contributed by atoms with Gasteiger partial charge >= 0.3 is 0 Å².